The second-order valence-electron chi connectivity index (χ2n) is 9.01. The first-order valence-electron chi connectivity index (χ1n) is 11.0. The van der Waals surface area contributed by atoms with Gasteiger partial charge in [-0.3, -0.25) is 4.79 Å². The Morgan fingerprint density at radius 2 is 1.18 bits per heavy atom. The molecule has 0 bridgehead atoms. The van der Waals surface area contributed by atoms with E-state index in [1.165, 1.54) is 11.1 Å². The highest BCUT2D eigenvalue weighted by atomic mass is 16.5. The molecule has 0 aliphatic rings. The molecule has 3 nitrogen and oxygen atoms in total. The Morgan fingerprint density at radius 1 is 0.697 bits per heavy atom. The molecule has 0 heterocycles. The zero-order chi connectivity index (χ0) is 23.6. The van der Waals surface area contributed by atoms with Crippen molar-refractivity contribution in [3.63, 3.8) is 0 Å². The zero-order valence-corrected chi connectivity index (χ0v) is 19.4. The highest BCUT2D eigenvalue weighted by Gasteiger charge is 2.26. The van der Waals surface area contributed by atoms with Gasteiger partial charge in [-0.25, -0.2) is 0 Å². The number of aromatic hydroxyl groups is 1. The first kappa shape index (κ1) is 22.3. The van der Waals surface area contributed by atoms with Crippen molar-refractivity contribution >= 4 is 6.47 Å². The highest BCUT2D eigenvalue weighted by molar-refractivity contribution is 5.75. The van der Waals surface area contributed by atoms with Crippen LogP contribution in [0.1, 0.15) is 36.1 Å². The Morgan fingerprint density at radius 3 is 1.73 bits per heavy atom. The van der Waals surface area contributed by atoms with Crippen molar-refractivity contribution in [3.05, 3.63) is 107 Å². The Labute approximate surface area is 195 Å². The van der Waals surface area contributed by atoms with E-state index in [9.17, 15) is 9.90 Å². The SMILES string of the molecule is Cc1ccc(-c2cc(C(C)(C)c3ccc(OC=O)c(-c4ccc(C)cc4)c3)ccc2O)cc1. The standard InChI is InChI=1S/C30H28O3/c1-20-5-9-22(10-6-20)26-17-24(13-15-28(26)32)30(3,4)25-14-16-29(33-19-31)27(18-25)23-11-7-21(2)8-12-23/h5-19,32H,1-4H3. The van der Waals surface area contributed by atoms with Gasteiger partial charge in [0.05, 0.1) is 0 Å². The number of ether oxygens (including phenoxy) is 1. The molecule has 0 saturated carbocycles. The Kier molecular flexibility index (Phi) is 6.06. The van der Waals surface area contributed by atoms with Gasteiger partial charge in [-0.2, -0.15) is 0 Å². The Hall–Kier alpha value is -3.85. The average Bonchev–Trinajstić information content (AvgIpc) is 2.81. The molecule has 0 amide bonds. The minimum Gasteiger partial charge on any atom is -0.507 e. The van der Waals surface area contributed by atoms with Crippen LogP contribution in [0, 0.1) is 13.8 Å². The lowest BCUT2D eigenvalue weighted by atomic mass is 9.76. The smallest absolute Gasteiger partial charge is 0.298 e. The van der Waals surface area contributed by atoms with Crippen molar-refractivity contribution in [3.8, 4) is 33.8 Å². The molecule has 0 unspecified atom stereocenters. The summed E-state index contributed by atoms with van der Waals surface area (Å²) in [5, 5.41) is 10.6. The topological polar surface area (TPSA) is 46.5 Å². The Balaban J connectivity index is 1.80. The Bertz CT molecular complexity index is 1280. The number of phenolic OH excluding ortho intramolecular Hbond substituents is 1. The summed E-state index contributed by atoms with van der Waals surface area (Å²) >= 11 is 0. The van der Waals surface area contributed by atoms with Crippen molar-refractivity contribution in [1.29, 1.82) is 0 Å². The molecule has 0 aliphatic heterocycles. The van der Waals surface area contributed by atoms with E-state index in [-0.39, 0.29) is 11.2 Å². The van der Waals surface area contributed by atoms with Crippen molar-refractivity contribution in [1.82, 2.24) is 0 Å². The largest absolute Gasteiger partial charge is 0.507 e. The van der Waals surface area contributed by atoms with Gasteiger partial charge in [0.25, 0.3) is 6.47 Å². The maximum atomic E-state index is 11.1. The third-order valence-electron chi connectivity index (χ3n) is 6.32. The minimum atomic E-state index is -0.355. The van der Waals surface area contributed by atoms with Gasteiger partial charge in [0.2, 0.25) is 0 Å². The first-order valence-corrected chi connectivity index (χ1v) is 11.0. The number of phenols is 1. The summed E-state index contributed by atoms with van der Waals surface area (Å²) in [6.45, 7) is 8.88. The van der Waals surface area contributed by atoms with Crippen LogP contribution < -0.4 is 4.74 Å². The number of hydrogen-bond donors (Lipinski definition) is 1. The lowest BCUT2D eigenvalue weighted by Crippen LogP contribution is -2.19. The van der Waals surface area contributed by atoms with Gasteiger partial charge in [-0.15, -0.1) is 0 Å². The van der Waals surface area contributed by atoms with Gasteiger partial charge in [0.15, 0.2) is 0 Å². The van der Waals surface area contributed by atoms with Gasteiger partial charge in [0.1, 0.15) is 11.5 Å². The second-order valence-corrected chi connectivity index (χ2v) is 9.01. The third kappa shape index (κ3) is 4.54. The van der Waals surface area contributed by atoms with Crippen molar-refractivity contribution in [2.75, 3.05) is 0 Å². The quantitative estimate of drug-likeness (QED) is 0.325. The molecule has 0 aliphatic carbocycles. The molecule has 33 heavy (non-hydrogen) atoms. The molecule has 0 saturated heterocycles. The number of aryl methyl sites for hydroxylation is 2. The van der Waals surface area contributed by atoms with Crippen LogP contribution in [0.25, 0.3) is 22.3 Å². The molecule has 4 aromatic rings. The predicted octanol–water partition coefficient (Wildman–Crippen LogP) is 7.20. The zero-order valence-electron chi connectivity index (χ0n) is 19.4. The molecule has 4 rings (SSSR count). The predicted molar refractivity (Wildman–Crippen MR) is 134 cm³/mol. The monoisotopic (exact) mass is 436 g/mol. The molecule has 0 atom stereocenters. The normalized spacial score (nSPS) is 11.3. The molecular formula is C30H28O3. The summed E-state index contributed by atoms with van der Waals surface area (Å²) in [5.41, 5.74) is 7.78. The number of benzene rings is 4. The van der Waals surface area contributed by atoms with Gasteiger partial charge in [-0.05, 0) is 60.4 Å². The third-order valence-corrected chi connectivity index (χ3v) is 6.32. The van der Waals surface area contributed by atoms with E-state index in [1.54, 1.807) is 6.07 Å². The molecule has 0 spiro atoms. The molecule has 166 valence electrons. The summed E-state index contributed by atoms with van der Waals surface area (Å²) in [6.07, 6.45) is 0. The maximum Gasteiger partial charge on any atom is 0.298 e. The number of carbonyl (C=O) groups is 1. The van der Waals surface area contributed by atoms with E-state index < -0.39 is 0 Å². The average molecular weight is 437 g/mol. The molecule has 3 heteroatoms. The summed E-state index contributed by atoms with van der Waals surface area (Å²) in [5.74, 6) is 0.785. The van der Waals surface area contributed by atoms with Crippen LogP contribution >= 0.6 is 0 Å². The molecule has 0 fully saturated rings. The molecule has 1 N–H and O–H groups in total. The van der Waals surface area contributed by atoms with Crippen LogP contribution in [0.4, 0.5) is 0 Å². The fourth-order valence-electron chi connectivity index (χ4n) is 4.09. The van der Waals surface area contributed by atoms with Gasteiger partial charge >= 0.3 is 0 Å². The molecule has 0 radical (unpaired) electrons. The lowest BCUT2D eigenvalue weighted by molar-refractivity contribution is -0.120. The van der Waals surface area contributed by atoms with E-state index in [4.69, 9.17) is 4.74 Å². The summed E-state index contributed by atoms with van der Waals surface area (Å²) < 4.78 is 5.28. The number of rotatable bonds is 6. The van der Waals surface area contributed by atoms with Gasteiger partial charge in [-0.1, -0.05) is 85.6 Å². The first-order chi connectivity index (χ1) is 15.8. The highest BCUT2D eigenvalue weighted by Crippen LogP contribution is 2.40. The van der Waals surface area contributed by atoms with Crippen LogP contribution in [0.5, 0.6) is 11.5 Å². The van der Waals surface area contributed by atoms with E-state index >= 15 is 0 Å². The van der Waals surface area contributed by atoms with Gasteiger partial charge in [0, 0.05) is 16.5 Å². The van der Waals surface area contributed by atoms with Gasteiger partial charge < -0.3 is 9.84 Å². The van der Waals surface area contributed by atoms with Crippen LogP contribution in [0.15, 0.2) is 84.9 Å². The number of hydrogen-bond acceptors (Lipinski definition) is 3. The van der Waals surface area contributed by atoms with E-state index in [0.29, 0.717) is 12.2 Å². The van der Waals surface area contributed by atoms with Crippen LogP contribution in [0.2, 0.25) is 0 Å². The molecular weight excluding hydrogens is 408 g/mol. The fourth-order valence-corrected chi connectivity index (χ4v) is 4.09. The molecule has 4 aromatic carbocycles. The summed E-state index contributed by atoms with van der Waals surface area (Å²) in [4.78, 5) is 11.1. The molecule has 0 aromatic heterocycles. The van der Waals surface area contributed by atoms with Crippen molar-refractivity contribution in [2.24, 2.45) is 0 Å². The van der Waals surface area contributed by atoms with E-state index in [0.717, 1.165) is 33.4 Å². The minimum absolute atomic E-state index is 0.258. The van der Waals surface area contributed by atoms with E-state index in [1.807, 2.05) is 80.6 Å². The van der Waals surface area contributed by atoms with Crippen LogP contribution in [0.3, 0.4) is 0 Å². The summed E-state index contributed by atoms with van der Waals surface area (Å²) in [6, 6.07) is 28.0. The van der Waals surface area contributed by atoms with E-state index in [2.05, 4.69) is 26.0 Å². The second kappa shape index (κ2) is 8.95. The van der Waals surface area contributed by atoms with Crippen LogP contribution in [-0.2, 0) is 10.2 Å². The maximum absolute atomic E-state index is 11.1. The van der Waals surface area contributed by atoms with Crippen molar-refractivity contribution in [2.45, 2.75) is 33.1 Å². The number of carbonyl (C=O) groups excluding carboxylic acids is 1. The fraction of sp³-hybridized carbons (Fsp3) is 0.167. The lowest BCUT2D eigenvalue weighted by Gasteiger charge is -2.28. The summed E-state index contributed by atoms with van der Waals surface area (Å²) in [7, 11) is 0. The van der Waals surface area contributed by atoms with Crippen LogP contribution in [-0.4, -0.2) is 11.6 Å². The van der Waals surface area contributed by atoms with Crippen molar-refractivity contribution < 1.29 is 14.6 Å².